The van der Waals surface area contributed by atoms with Gasteiger partial charge in [-0.3, -0.25) is 10.1 Å². The minimum Gasteiger partial charge on any atom is -0.497 e. The van der Waals surface area contributed by atoms with Crippen molar-refractivity contribution in [2.24, 2.45) is 0 Å². The first-order chi connectivity index (χ1) is 10.2. The van der Waals surface area contributed by atoms with Crippen molar-refractivity contribution in [3.8, 4) is 5.75 Å². The zero-order valence-electron chi connectivity index (χ0n) is 11.7. The molecule has 0 atom stereocenters. The van der Waals surface area contributed by atoms with E-state index in [1.807, 2.05) is 6.92 Å². The summed E-state index contributed by atoms with van der Waals surface area (Å²) in [7, 11) is 1.55. The summed E-state index contributed by atoms with van der Waals surface area (Å²) in [5.41, 5.74) is 0.445. The molecule has 1 aromatic carbocycles. The maximum atomic E-state index is 11.3. The summed E-state index contributed by atoms with van der Waals surface area (Å²) in [5.74, 6) is 0.950. The number of benzene rings is 1. The molecular weight excluding hydrogens is 274 g/mol. The fraction of sp³-hybridized carbons (Fsp3) is 0.231. The summed E-state index contributed by atoms with van der Waals surface area (Å²) in [5, 5.41) is 17.0. The topological polar surface area (TPSA) is 102 Å². The Balaban J connectivity index is 2.38. The zero-order valence-corrected chi connectivity index (χ0v) is 11.7. The number of anilines is 3. The Morgan fingerprint density at radius 1 is 1.33 bits per heavy atom. The van der Waals surface area contributed by atoms with E-state index in [9.17, 15) is 10.1 Å². The van der Waals surface area contributed by atoms with E-state index in [2.05, 4.69) is 20.6 Å². The summed E-state index contributed by atoms with van der Waals surface area (Å²) in [4.78, 5) is 18.6. The molecule has 8 nitrogen and oxygen atoms in total. The van der Waals surface area contributed by atoms with E-state index in [0.717, 1.165) is 0 Å². The molecule has 0 fully saturated rings. The molecule has 0 aliphatic rings. The number of hydrogen-bond acceptors (Lipinski definition) is 7. The molecule has 0 aliphatic heterocycles. The zero-order chi connectivity index (χ0) is 15.2. The van der Waals surface area contributed by atoms with E-state index in [0.29, 0.717) is 18.0 Å². The first-order valence-electron chi connectivity index (χ1n) is 6.30. The maximum absolute atomic E-state index is 11.3. The summed E-state index contributed by atoms with van der Waals surface area (Å²) in [6, 6.07) is 7.04. The molecular formula is C13H15N5O3. The Morgan fingerprint density at radius 3 is 2.76 bits per heavy atom. The van der Waals surface area contributed by atoms with Crippen LogP contribution in [0.3, 0.4) is 0 Å². The summed E-state index contributed by atoms with van der Waals surface area (Å²) < 4.78 is 5.11. The van der Waals surface area contributed by atoms with Crippen molar-refractivity contribution in [1.29, 1.82) is 0 Å². The van der Waals surface area contributed by atoms with E-state index >= 15 is 0 Å². The Morgan fingerprint density at radius 2 is 2.10 bits per heavy atom. The largest absolute Gasteiger partial charge is 0.497 e. The highest BCUT2D eigenvalue weighted by Crippen LogP contribution is 2.31. The first kappa shape index (κ1) is 14.5. The van der Waals surface area contributed by atoms with Crippen molar-refractivity contribution in [3.05, 3.63) is 40.7 Å². The van der Waals surface area contributed by atoms with Crippen molar-refractivity contribution in [3.63, 3.8) is 0 Å². The lowest BCUT2D eigenvalue weighted by molar-refractivity contribution is -0.383. The van der Waals surface area contributed by atoms with Crippen LogP contribution in [0.1, 0.15) is 6.92 Å². The van der Waals surface area contributed by atoms with Crippen LogP contribution in [0.15, 0.2) is 30.6 Å². The quantitative estimate of drug-likeness (QED) is 0.622. The van der Waals surface area contributed by atoms with Crippen LogP contribution in [0, 0.1) is 10.1 Å². The lowest BCUT2D eigenvalue weighted by atomic mass is 10.3. The van der Waals surface area contributed by atoms with Crippen LogP contribution >= 0.6 is 0 Å². The van der Waals surface area contributed by atoms with Gasteiger partial charge in [-0.05, 0) is 19.1 Å². The Bertz CT molecular complexity index is 647. The van der Waals surface area contributed by atoms with Gasteiger partial charge in [0.2, 0.25) is 11.6 Å². The van der Waals surface area contributed by atoms with Crippen LogP contribution in [0.4, 0.5) is 23.0 Å². The van der Waals surface area contributed by atoms with Gasteiger partial charge in [-0.25, -0.2) is 9.97 Å². The SMILES string of the molecule is CCNc1ncnc(Nc2cccc(OC)c2)c1[N+](=O)[O-]. The van der Waals surface area contributed by atoms with Gasteiger partial charge in [0.25, 0.3) is 0 Å². The summed E-state index contributed by atoms with van der Waals surface area (Å²) in [6.07, 6.45) is 1.27. The molecule has 2 aromatic rings. The minimum absolute atomic E-state index is 0.124. The van der Waals surface area contributed by atoms with Crippen LogP contribution in [0.5, 0.6) is 5.75 Å². The summed E-state index contributed by atoms with van der Waals surface area (Å²) >= 11 is 0. The van der Waals surface area contributed by atoms with Crippen LogP contribution < -0.4 is 15.4 Å². The summed E-state index contributed by atoms with van der Waals surface area (Å²) in [6.45, 7) is 2.36. The molecule has 0 aliphatic carbocycles. The average Bonchev–Trinajstić information content (AvgIpc) is 2.47. The van der Waals surface area contributed by atoms with Gasteiger partial charge >= 0.3 is 5.69 Å². The van der Waals surface area contributed by atoms with Crippen LogP contribution in [0.2, 0.25) is 0 Å². The second-order valence-electron chi connectivity index (χ2n) is 4.06. The monoisotopic (exact) mass is 289 g/mol. The molecule has 0 spiro atoms. The number of aromatic nitrogens is 2. The van der Waals surface area contributed by atoms with Gasteiger partial charge in [-0.1, -0.05) is 6.07 Å². The fourth-order valence-electron chi connectivity index (χ4n) is 1.78. The van der Waals surface area contributed by atoms with Crippen molar-refractivity contribution in [2.45, 2.75) is 6.92 Å². The van der Waals surface area contributed by atoms with Crippen LogP contribution in [-0.2, 0) is 0 Å². The van der Waals surface area contributed by atoms with Crippen molar-refractivity contribution in [1.82, 2.24) is 9.97 Å². The van der Waals surface area contributed by atoms with Gasteiger partial charge < -0.3 is 15.4 Å². The lowest BCUT2D eigenvalue weighted by Crippen LogP contribution is -2.07. The van der Waals surface area contributed by atoms with E-state index in [-0.39, 0.29) is 17.3 Å². The van der Waals surface area contributed by atoms with E-state index in [1.54, 1.807) is 31.4 Å². The predicted octanol–water partition coefficient (Wildman–Crippen LogP) is 2.57. The number of ether oxygens (including phenoxy) is 1. The second kappa shape index (κ2) is 6.51. The van der Waals surface area contributed by atoms with Gasteiger partial charge in [0.15, 0.2) is 0 Å². The molecule has 0 unspecified atom stereocenters. The number of nitro groups is 1. The molecule has 8 heteroatoms. The van der Waals surface area contributed by atoms with E-state index in [1.165, 1.54) is 6.33 Å². The van der Waals surface area contributed by atoms with E-state index < -0.39 is 4.92 Å². The molecule has 0 saturated heterocycles. The smallest absolute Gasteiger partial charge is 0.353 e. The van der Waals surface area contributed by atoms with Gasteiger partial charge in [0.1, 0.15) is 12.1 Å². The third kappa shape index (κ3) is 3.35. The number of nitrogens with one attached hydrogen (secondary N) is 2. The molecule has 2 rings (SSSR count). The average molecular weight is 289 g/mol. The Kier molecular flexibility index (Phi) is 4.50. The highest BCUT2D eigenvalue weighted by molar-refractivity contribution is 5.74. The van der Waals surface area contributed by atoms with Gasteiger partial charge in [-0.15, -0.1) is 0 Å². The maximum Gasteiger partial charge on any atom is 0.353 e. The lowest BCUT2D eigenvalue weighted by Gasteiger charge is -2.09. The fourth-order valence-corrected chi connectivity index (χ4v) is 1.78. The molecule has 0 radical (unpaired) electrons. The molecule has 2 N–H and O–H groups in total. The Labute approximate surface area is 121 Å². The highest BCUT2D eigenvalue weighted by atomic mass is 16.6. The van der Waals surface area contributed by atoms with Gasteiger partial charge in [0.05, 0.1) is 12.0 Å². The second-order valence-corrected chi connectivity index (χ2v) is 4.06. The van der Waals surface area contributed by atoms with Gasteiger partial charge in [-0.2, -0.15) is 0 Å². The number of methoxy groups -OCH3 is 1. The van der Waals surface area contributed by atoms with Crippen molar-refractivity contribution in [2.75, 3.05) is 24.3 Å². The molecule has 1 aromatic heterocycles. The molecule has 1 heterocycles. The molecule has 0 amide bonds. The van der Waals surface area contributed by atoms with Crippen LogP contribution in [0.25, 0.3) is 0 Å². The molecule has 0 bridgehead atoms. The number of rotatable bonds is 6. The van der Waals surface area contributed by atoms with Crippen LogP contribution in [-0.4, -0.2) is 28.5 Å². The van der Waals surface area contributed by atoms with Crippen molar-refractivity contribution < 1.29 is 9.66 Å². The standard InChI is InChI=1S/C13H15N5O3/c1-3-14-12-11(18(19)20)13(16-8-15-12)17-9-5-4-6-10(7-9)21-2/h4-8H,3H2,1-2H3,(H2,14,15,16,17). The van der Waals surface area contributed by atoms with E-state index in [4.69, 9.17) is 4.74 Å². The Hall–Kier alpha value is -2.90. The molecule has 0 saturated carbocycles. The van der Waals surface area contributed by atoms with Gasteiger partial charge in [0, 0.05) is 18.3 Å². The third-order valence-corrected chi connectivity index (χ3v) is 2.68. The number of hydrogen-bond donors (Lipinski definition) is 2. The normalized spacial score (nSPS) is 10.0. The number of nitrogens with zero attached hydrogens (tertiary/aromatic N) is 3. The molecule has 110 valence electrons. The minimum atomic E-state index is -0.513. The van der Waals surface area contributed by atoms with Crippen molar-refractivity contribution >= 4 is 23.0 Å². The highest BCUT2D eigenvalue weighted by Gasteiger charge is 2.22. The molecule has 21 heavy (non-hydrogen) atoms. The first-order valence-corrected chi connectivity index (χ1v) is 6.30. The third-order valence-electron chi connectivity index (χ3n) is 2.68. The predicted molar refractivity (Wildman–Crippen MR) is 79.1 cm³/mol.